The van der Waals surface area contributed by atoms with Crippen LogP contribution in [0.2, 0.25) is 0 Å². The molecule has 0 fully saturated rings. The Hall–Kier alpha value is -2.07. The number of aromatic amines is 1. The highest BCUT2D eigenvalue weighted by Crippen LogP contribution is 2.28. The van der Waals surface area contributed by atoms with Gasteiger partial charge < -0.3 is 9.38 Å². The molecule has 0 bridgehead atoms. The Morgan fingerprint density at radius 2 is 2.27 bits per heavy atom. The van der Waals surface area contributed by atoms with Gasteiger partial charge in [-0.15, -0.1) is 12.4 Å². The molecule has 4 rings (SSSR count). The molecule has 1 aliphatic rings. The fourth-order valence-corrected chi connectivity index (χ4v) is 3.36. The second kappa shape index (κ2) is 5.61. The van der Waals surface area contributed by atoms with Gasteiger partial charge in [0.1, 0.15) is 0 Å². The molecule has 3 aromatic heterocycles. The number of rotatable bonds is 2. The van der Waals surface area contributed by atoms with Crippen LogP contribution >= 0.6 is 12.4 Å². The van der Waals surface area contributed by atoms with E-state index in [0.29, 0.717) is 0 Å². The van der Waals surface area contributed by atoms with E-state index in [9.17, 15) is 4.79 Å². The van der Waals surface area contributed by atoms with Crippen molar-refractivity contribution in [2.24, 2.45) is 5.92 Å². The van der Waals surface area contributed by atoms with Crippen LogP contribution in [0.3, 0.4) is 0 Å². The maximum Gasteiger partial charge on any atom is 0.168 e. The highest BCUT2D eigenvalue weighted by atomic mass is 35.5. The summed E-state index contributed by atoms with van der Waals surface area (Å²) < 4.78 is 2.08. The van der Waals surface area contributed by atoms with Crippen molar-refractivity contribution in [3.8, 4) is 0 Å². The molecule has 0 aliphatic heterocycles. The smallest absolute Gasteiger partial charge is 0.168 e. The Morgan fingerprint density at radius 3 is 3.14 bits per heavy atom. The summed E-state index contributed by atoms with van der Waals surface area (Å²) in [6.07, 6.45) is 6.30. The zero-order valence-corrected chi connectivity index (χ0v) is 13.2. The molecule has 5 heteroatoms. The van der Waals surface area contributed by atoms with E-state index in [1.165, 1.54) is 5.69 Å². The van der Waals surface area contributed by atoms with Crippen molar-refractivity contribution in [1.29, 1.82) is 0 Å². The summed E-state index contributed by atoms with van der Waals surface area (Å²) in [4.78, 5) is 20.4. The Morgan fingerprint density at radius 1 is 1.41 bits per heavy atom. The van der Waals surface area contributed by atoms with Crippen LogP contribution < -0.4 is 0 Å². The number of carbonyl (C=O) groups is 1. The minimum atomic E-state index is 0. The van der Waals surface area contributed by atoms with E-state index in [-0.39, 0.29) is 24.1 Å². The first-order valence-electron chi connectivity index (χ1n) is 7.36. The molecular formula is C17H18ClN3O. The van der Waals surface area contributed by atoms with Gasteiger partial charge in [-0.2, -0.15) is 0 Å². The molecule has 1 N–H and O–H groups in total. The molecular weight excluding hydrogens is 298 g/mol. The second-order valence-corrected chi connectivity index (χ2v) is 5.79. The van der Waals surface area contributed by atoms with Gasteiger partial charge in [-0.1, -0.05) is 6.07 Å². The molecule has 0 saturated carbocycles. The molecule has 22 heavy (non-hydrogen) atoms. The van der Waals surface area contributed by atoms with E-state index in [0.717, 1.165) is 41.7 Å². The van der Waals surface area contributed by atoms with Gasteiger partial charge in [-0.25, -0.2) is 4.98 Å². The lowest BCUT2D eigenvalue weighted by atomic mass is 9.84. The monoisotopic (exact) mass is 315 g/mol. The summed E-state index contributed by atoms with van der Waals surface area (Å²) in [5.41, 5.74) is 5.20. The van der Waals surface area contributed by atoms with E-state index in [4.69, 9.17) is 0 Å². The minimum Gasteiger partial charge on any atom is -0.348 e. The van der Waals surface area contributed by atoms with Gasteiger partial charge in [-0.05, 0) is 38.0 Å². The number of nitrogens with one attached hydrogen (secondary N) is 1. The fourth-order valence-electron chi connectivity index (χ4n) is 3.36. The first-order chi connectivity index (χ1) is 10.2. The van der Waals surface area contributed by atoms with Crippen LogP contribution in [-0.4, -0.2) is 20.2 Å². The van der Waals surface area contributed by atoms with Crippen molar-refractivity contribution in [2.75, 3.05) is 0 Å². The predicted molar refractivity (Wildman–Crippen MR) is 87.8 cm³/mol. The quantitative estimate of drug-likeness (QED) is 0.737. The first-order valence-corrected chi connectivity index (χ1v) is 7.36. The number of halogens is 1. The minimum absolute atomic E-state index is 0. The third-order valence-corrected chi connectivity index (χ3v) is 4.50. The summed E-state index contributed by atoms with van der Waals surface area (Å²) in [7, 11) is 0. The lowest BCUT2D eigenvalue weighted by Gasteiger charge is -2.19. The Kier molecular flexibility index (Phi) is 3.79. The summed E-state index contributed by atoms with van der Waals surface area (Å²) in [5.74, 6) is 0.298. The van der Waals surface area contributed by atoms with E-state index in [1.807, 2.05) is 37.4 Å². The molecule has 0 saturated heterocycles. The van der Waals surface area contributed by atoms with Gasteiger partial charge >= 0.3 is 0 Å². The number of fused-ring (bicyclic) bond motifs is 2. The number of hydrogen-bond donors (Lipinski definition) is 1. The van der Waals surface area contributed by atoms with Gasteiger partial charge in [0.05, 0.1) is 17.5 Å². The highest BCUT2D eigenvalue weighted by Gasteiger charge is 2.28. The Balaban J connectivity index is 0.00000144. The van der Waals surface area contributed by atoms with Crippen molar-refractivity contribution in [3.63, 3.8) is 0 Å². The molecule has 3 aromatic rings. The van der Waals surface area contributed by atoms with Crippen LogP contribution in [0.25, 0.3) is 5.52 Å². The largest absolute Gasteiger partial charge is 0.348 e. The van der Waals surface area contributed by atoms with Crippen molar-refractivity contribution in [3.05, 3.63) is 59.4 Å². The normalized spacial score (nSPS) is 17.0. The van der Waals surface area contributed by atoms with Crippen molar-refractivity contribution in [2.45, 2.75) is 26.2 Å². The van der Waals surface area contributed by atoms with Crippen LogP contribution in [0.1, 0.15) is 33.9 Å². The SMILES string of the molecule is Cc1cc(C(=O)C2CCc3[nH]cnc3C2)c2ccccn12.Cl. The van der Waals surface area contributed by atoms with E-state index in [1.54, 1.807) is 6.33 Å². The molecule has 4 nitrogen and oxygen atoms in total. The molecule has 0 radical (unpaired) electrons. The predicted octanol–water partition coefficient (Wildman–Crippen LogP) is 3.38. The number of pyridine rings is 1. The van der Waals surface area contributed by atoms with Gasteiger partial charge in [0.2, 0.25) is 0 Å². The molecule has 0 amide bonds. The molecule has 0 spiro atoms. The van der Waals surface area contributed by atoms with Crippen LogP contribution in [0, 0.1) is 12.8 Å². The number of imidazole rings is 1. The molecule has 3 heterocycles. The summed E-state index contributed by atoms with van der Waals surface area (Å²) in [5, 5.41) is 0. The molecule has 0 aromatic carbocycles. The van der Waals surface area contributed by atoms with E-state index < -0.39 is 0 Å². The van der Waals surface area contributed by atoms with Crippen molar-refractivity contribution >= 4 is 23.7 Å². The van der Waals surface area contributed by atoms with Gasteiger partial charge in [-0.3, -0.25) is 4.79 Å². The van der Waals surface area contributed by atoms with E-state index in [2.05, 4.69) is 14.4 Å². The fraction of sp³-hybridized carbons (Fsp3) is 0.294. The van der Waals surface area contributed by atoms with E-state index >= 15 is 0 Å². The lowest BCUT2D eigenvalue weighted by molar-refractivity contribution is 0.0909. The third-order valence-electron chi connectivity index (χ3n) is 4.50. The molecule has 1 atom stereocenters. The maximum absolute atomic E-state index is 12.9. The van der Waals surface area contributed by atoms with Gasteiger partial charge in [0.25, 0.3) is 0 Å². The number of Topliss-reactive ketones (excluding diaryl/α,β-unsaturated/α-hetero) is 1. The Bertz CT molecular complexity index is 833. The van der Waals surface area contributed by atoms with Crippen LogP contribution in [0.4, 0.5) is 0 Å². The lowest BCUT2D eigenvalue weighted by Crippen LogP contribution is -2.22. The van der Waals surface area contributed by atoms with Crippen LogP contribution in [0.5, 0.6) is 0 Å². The topological polar surface area (TPSA) is 50.2 Å². The first kappa shape index (κ1) is 14.9. The summed E-state index contributed by atoms with van der Waals surface area (Å²) >= 11 is 0. The highest BCUT2D eigenvalue weighted by molar-refractivity contribution is 6.04. The summed E-state index contributed by atoms with van der Waals surface area (Å²) in [6, 6.07) is 8.00. The van der Waals surface area contributed by atoms with Crippen molar-refractivity contribution in [1.82, 2.24) is 14.4 Å². The maximum atomic E-state index is 12.9. The molecule has 114 valence electrons. The summed E-state index contributed by atoms with van der Waals surface area (Å²) in [6.45, 7) is 2.04. The number of H-pyrrole nitrogens is 1. The third kappa shape index (κ3) is 2.24. The molecule has 1 aliphatic carbocycles. The van der Waals surface area contributed by atoms with Crippen molar-refractivity contribution < 1.29 is 4.79 Å². The number of nitrogens with zero attached hydrogens (tertiary/aromatic N) is 2. The zero-order valence-electron chi connectivity index (χ0n) is 12.4. The number of carbonyl (C=O) groups excluding carboxylic acids is 1. The van der Waals surface area contributed by atoms with Crippen LogP contribution in [0.15, 0.2) is 36.8 Å². The Labute approximate surface area is 135 Å². The number of ketones is 1. The zero-order chi connectivity index (χ0) is 14.4. The number of aryl methyl sites for hydroxylation is 2. The average molecular weight is 316 g/mol. The standard InChI is InChI=1S/C17H17N3O.ClH/c1-11-8-13(16-4-2-3-7-20(11)16)17(21)12-5-6-14-15(9-12)19-10-18-14;/h2-4,7-8,10,12H,5-6,9H2,1H3,(H,18,19);1H. The number of aromatic nitrogens is 3. The van der Waals surface area contributed by atoms with Crippen LogP contribution in [-0.2, 0) is 12.8 Å². The second-order valence-electron chi connectivity index (χ2n) is 5.79. The molecule has 1 unspecified atom stereocenters. The average Bonchev–Trinajstić information content (AvgIpc) is 3.11. The number of hydrogen-bond acceptors (Lipinski definition) is 2. The van der Waals surface area contributed by atoms with Gasteiger partial charge in [0, 0.05) is 35.5 Å². The van der Waals surface area contributed by atoms with Gasteiger partial charge in [0.15, 0.2) is 5.78 Å².